The summed E-state index contributed by atoms with van der Waals surface area (Å²) in [7, 11) is 0. The molecule has 0 amide bonds. The molecule has 0 bridgehead atoms. The Labute approximate surface area is 116 Å². The van der Waals surface area contributed by atoms with Gasteiger partial charge in [0, 0.05) is 0 Å². The summed E-state index contributed by atoms with van der Waals surface area (Å²) in [5.74, 6) is 2.33. The molecule has 3 rings (SSSR count). The fraction of sp³-hybridized carbons (Fsp3) is 0.333. The minimum absolute atomic E-state index is 0.282. The van der Waals surface area contributed by atoms with E-state index < -0.39 is 0 Å². The molecule has 3 heteroatoms. The molecular weight excluding hydrogens is 260 g/mol. The molecule has 2 aromatic rings. The summed E-state index contributed by atoms with van der Waals surface area (Å²) in [6.45, 7) is 0. The van der Waals surface area contributed by atoms with E-state index in [-0.39, 0.29) is 10.7 Å². The lowest BCUT2D eigenvalue weighted by Crippen LogP contribution is -2.16. The number of fused-ring (bicyclic) bond motifs is 1. The van der Waals surface area contributed by atoms with Crippen LogP contribution in [0.2, 0.25) is 0 Å². The van der Waals surface area contributed by atoms with Crippen LogP contribution in [-0.4, -0.2) is 21.2 Å². The number of hydrogen-bond acceptors (Lipinski definition) is 3. The molecular formula is C15H16OS2. The van der Waals surface area contributed by atoms with Crippen molar-refractivity contribution in [2.75, 3.05) is 11.5 Å². The highest BCUT2D eigenvalue weighted by molar-refractivity contribution is 8.17. The molecule has 1 fully saturated rings. The summed E-state index contributed by atoms with van der Waals surface area (Å²) in [6.07, 6.45) is 0.889. The van der Waals surface area contributed by atoms with Crippen LogP contribution in [0.4, 0.5) is 0 Å². The largest absolute Gasteiger partial charge is 0.386 e. The zero-order chi connectivity index (χ0) is 12.4. The Morgan fingerprint density at radius 1 is 1.00 bits per heavy atom. The zero-order valence-electron chi connectivity index (χ0n) is 10.1. The van der Waals surface area contributed by atoms with Crippen molar-refractivity contribution in [3.05, 3.63) is 48.0 Å². The second-order valence-electron chi connectivity index (χ2n) is 4.48. The molecule has 18 heavy (non-hydrogen) atoms. The first kappa shape index (κ1) is 12.4. The first-order valence-electron chi connectivity index (χ1n) is 6.25. The van der Waals surface area contributed by atoms with Crippen molar-refractivity contribution >= 4 is 34.3 Å². The topological polar surface area (TPSA) is 20.2 Å². The minimum atomic E-state index is -0.369. The smallest absolute Gasteiger partial charge is 0.101 e. The van der Waals surface area contributed by atoms with Crippen molar-refractivity contribution in [2.45, 2.75) is 17.1 Å². The van der Waals surface area contributed by atoms with Crippen LogP contribution in [0.1, 0.15) is 18.1 Å². The summed E-state index contributed by atoms with van der Waals surface area (Å²) >= 11 is 3.78. The molecule has 1 saturated heterocycles. The highest BCUT2D eigenvalue weighted by atomic mass is 32.2. The molecule has 0 saturated carbocycles. The van der Waals surface area contributed by atoms with Crippen LogP contribution in [0.5, 0.6) is 0 Å². The van der Waals surface area contributed by atoms with Crippen molar-refractivity contribution in [3.8, 4) is 0 Å². The first-order valence-corrected chi connectivity index (χ1v) is 8.35. The van der Waals surface area contributed by atoms with Crippen LogP contribution in [0.15, 0.2) is 42.5 Å². The predicted octanol–water partition coefficient (Wildman–Crippen LogP) is 4.07. The number of benzene rings is 2. The fourth-order valence-corrected chi connectivity index (χ4v) is 5.23. The monoisotopic (exact) mass is 276 g/mol. The third kappa shape index (κ3) is 2.40. The molecule has 1 heterocycles. The van der Waals surface area contributed by atoms with Crippen molar-refractivity contribution in [1.29, 1.82) is 0 Å². The van der Waals surface area contributed by atoms with Crippen molar-refractivity contribution in [1.82, 2.24) is 0 Å². The van der Waals surface area contributed by atoms with E-state index in [2.05, 4.69) is 24.3 Å². The Morgan fingerprint density at radius 2 is 1.72 bits per heavy atom. The molecule has 1 N–H and O–H groups in total. The highest BCUT2D eigenvalue weighted by Gasteiger charge is 2.25. The minimum Gasteiger partial charge on any atom is -0.386 e. The Bertz CT molecular complexity index is 530. The predicted molar refractivity (Wildman–Crippen MR) is 82.2 cm³/mol. The van der Waals surface area contributed by atoms with E-state index in [9.17, 15) is 5.11 Å². The van der Waals surface area contributed by atoms with E-state index in [1.807, 2.05) is 41.7 Å². The van der Waals surface area contributed by atoms with Gasteiger partial charge in [0.1, 0.15) is 6.10 Å². The van der Waals surface area contributed by atoms with Gasteiger partial charge in [-0.2, -0.15) is 0 Å². The molecule has 1 unspecified atom stereocenters. The quantitative estimate of drug-likeness (QED) is 0.893. The van der Waals surface area contributed by atoms with Crippen LogP contribution < -0.4 is 0 Å². The number of rotatable bonds is 2. The Kier molecular flexibility index (Phi) is 3.83. The maximum Gasteiger partial charge on any atom is 0.101 e. The molecule has 1 aliphatic heterocycles. The molecule has 94 valence electrons. The van der Waals surface area contributed by atoms with Gasteiger partial charge in [-0.3, -0.25) is 0 Å². The lowest BCUT2D eigenvalue weighted by molar-refractivity contribution is 0.197. The van der Waals surface area contributed by atoms with Gasteiger partial charge in [-0.05, 0) is 34.3 Å². The van der Waals surface area contributed by atoms with Crippen LogP contribution in [0.25, 0.3) is 10.8 Å². The summed E-state index contributed by atoms with van der Waals surface area (Å²) in [5.41, 5.74) is 1.07. The average Bonchev–Trinajstić information content (AvgIpc) is 2.47. The molecule has 2 aromatic carbocycles. The molecule has 0 spiro atoms. The Balaban J connectivity index is 1.97. The van der Waals surface area contributed by atoms with Crippen molar-refractivity contribution in [2.24, 2.45) is 0 Å². The molecule has 0 radical (unpaired) electrons. The van der Waals surface area contributed by atoms with E-state index in [0.29, 0.717) is 0 Å². The van der Waals surface area contributed by atoms with Gasteiger partial charge in [-0.15, -0.1) is 23.5 Å². The third-order valence-corrected chi connectivity index (χ3v) is 6.29. The lowest BCUT2D eigenvalue weighted by Gasteiger charge is -2.26. The normalized spacial score (nSPS) is 18.9. The molecule has 1 aliphatic rings. The zero-order valence-corrected chi connectivity index (χ0v) is 11.7. The maximum absolute atomic E-state index is 10.6. The Hall–Kier alpha value is -0.640. The summed E-state index contributed by atoms with van der Waals surface area (Å²) < 4.78 is 0.282. The highest BCUT2D eigenvalue weighted by Crippen LogP contribution is 2.40. The molecule has 0 aromatic heterocycles. The molecule has 1 atom stereocenters. The SMILES string of the molecule is OC(c1cccc2ccccc12)C1SCCCS1. The van der Waals surface area contributed by atoms with Gasteiger partial charge in [0.25, 0.3) is 0 Å². The summed E-state index contributed by atoms with van der Waals surface area (Å²) in [4.78, 5) is 0. The van der Waals surface area contributed by atoms with E-state index in [0.717, 1.165) is 5.56 Å². The standard InChI is InChI=1S/C15H16OS2/c16-14(15-17-9-4-10-18-15)13-8-3-6-11-5-1-2-7-12(11)13/h1-3,5-8,14-16H,4,9-10H2. The number of aliphatic hydroxyl groups is 1. The molecule has 1 nitrogen and oxygen atoms in total. The van der Waals surface area contributed by atoms with E-state index in [1.54, 1.807) is 0 Å². The van der Waals surface area contributed by atoms with Crippen molar-refractivity contribution < 1.29 is 5.11 Å². The van der Waals surface area contributed by atoms with Crippen LogP contribution >= 0.6 is 23.5 Å². The molecule has 0 aliphatic carbocycles. The van der Waals surface area contributed by atoms with Crippen LogP contribution in [0.3, 0.4) is 0 Å². The maximum atomic E-state index is 10.6. The van der Waals surface area contributed by atoms with Gasteiger partial charge in [0.05, 0.1) is 4.58 Å². The van der Waals surface area contributed by atoms with E-state index >= 15 is 0 Å². The summed E-state index contributed by atoms with van der Waals surface area (Å²) in [5, 5.41) is 13.0. The van der Waals surface area contributed by atoms with Gasteiger partial charge in [-0.1, -0.05) is 42.5 Å². The average molecular weight is 276 g/mol. The number of thioether (sulfide) groups is 2. The van der Waals surface area contributed by atoms with Gasteiger partial charge in [-0.25, -0.2) is 0 Å². The van der Waals surface area contributed by atoms with Gasteiger partial charge >= 0.3 is 0 Å². The van der Waals surface area contributed by atoms with E-state index in [1.165, 1.54) is 28.7 Å². The van der Waals surface area contributed by atoms with Gasteiger partial charge in [0.15, 0.2) is 0 Å². The number of hydrogen-bond donors (Lipinski definition) is 1. The summed E-state index contributed by atoms with van der Waals surface area (Å²) in [6, 6.07) is 14.5. The fourth-order valence-electron chi connectivity index (χ4n) is 2.34. The lowest BCUT2D eigenvalue weighted by atomic mass is 10.0. The first-order chi connectivity index (χ1) is 8.86. The third-order valence-electron chi connectivity index (χ3n) is 3.25. The second-order valence-corrected chi connectivity index (χ2v) is 7.27. The van der Waals surface area contributed by atoms with Gasteiger partial charge < -0.3 is 5.11 Å². The second kappa shape index (κ2) is 5.55. The van der Waals surface area contributed by atoms with Crippen LogP contribution in [-0.2, 0) is 0 Å². The van der Waals surface area contributed by atoms with Crippen molar-refractivity contribution in [3.63, 3.8) is 0 Å². The van der Waals surface area contributed by atoms with Gasteiger partial charge in [0.2, 0.25) is 0 Å². The van der Waals surface area contributed by atoms with Crippen LogP contribution in [0, 0.1) is 0 Å². The van der Waals surface area contributed by atoms with E-state index in [4.69, 9.17) is 0 Å². The Morgan fingerprint density at radius 3 is 2.56 bits per heavy atom. The number of aliphatic hydroxyl groups excluding tert-OH is 1.